The summed E-state index contributed by atoms with van der Waals surface area (Å²) in [5, 5.41) is 20.9. The van der Waals surface area contributed by atoms with Crippen LogP contribution in [-0.2, 0) is 0 Å². The van der Waals surface area contributed by atoms with E-state index < -0.39 is 5.97 Å². The second kappa shape index (κ2) is 5.38. The predicted molar refractivity (Wildman–Crippen MR) is 70.6 cm³/mol. The summed E-state index contributed by atoms with van der Waals surface area (Å²) in [5.74, 6) is -1.10. The predicted octanol–water partition coefficient (Wildman–Crippen LogP) is 3.05. The molecule has 0 spiro atoms. The first-order chi connectivity index (χ1) is 9.10. The van der Waals surface area contributed by atoms with Crippen molar-refractivity contribution in [1.29, 1.82) is 5.26 Å². The third-order valence-electron chi connectivity index (χ3n) is 2.36. The van der Waals surface area contributed by atoms with Gasteiger partial charge >= 0.3 is 5.97 Å². The van der Waals surface area contributed by atoms with Crippen molar-refractivity contribution in [2.75, 3.05) is 5.32 Å². The number of nitrogens with zero attached hydrogens (tertiary/aromatic N) is 2. The van der Waals surface area contributed by atoms with Gasteiger partial charge in [0.1, 0.15) is 5.69 Å². The Bertz CT molecular complexity index is 680. The SMILES string of the molecule is N#Cc1ccc(Nc2ccnc(C(=O)O)c2)c(Cl)c1. The lowest BCUT2D eigenvalue weighted by molar-refractivity contribution is 0.0690. The molecule has 94 valence electrons. The van der Waals surface area contributed by atoms with E-state index in [1.165, 1.54) is 18.3 Å². The highest BCUT2D eigenvalue weighted by molar-refractivity contribution is 6.33. The average molecular weight is 274 g/mol. The summed E-state index contributed by atoms with van der Waals surface area (Å²) < 4.78 is 0. The molecular formula is C13H8ClN3O2. The van der Waals surface area contributed by atoms with Gasteiger partial charge < -0.3 is 10.4 Å². The van der Waals surface area contributed by atoms with Crippen LogP contribution >= 0.6 is 11.6 Å². The zero-order valence-electron chi connectivity index (χ0n) is 9.59. The third kappa shape index (κ3) is 3.00. The monoisotopic (exact) mass is 273 g/mol. The van der Waals surface area contributed by atoms with E-state index >= 15 is 0 Å². The standard InChI is InChI=1S/C13H8ClN3O2/c14-10-5-8(7-15)1-2-11(10)17-9-3-4-16-12(6-9)13(18)19/h1-6H,(H,16,17)(H,18,19). The zero-order valence-corrected chi connectivity index (χ0v) is 10.3. The number of aromatic carboxylic acids is 1. The summed E-state index contributed by atoms with van der Waals surface area (Å²) in [6.07, 6.45) is 1.39. The third-order valence-corrected chi connectivity index (χ3v) is 2.67. The molecule has 0 saturated heterocycles. The first-order valence-electron chi connectivity index (χ1n) is 5.26. The van der Waals surface area contributed by atoms with Crippen LogP contribution in [0.3, 0.4) is 0 Å². The minimum absolute atomic E-state index is 0.0604. The minimum Gasteiger partial charge on any atom is -0.477 e. The number of aromatic nitrogens is 1. The Labute approximate surface area is 114 Å². The Hall–Kier alpha value is -2.58. The van der Waals surface area contributed by atoms with E-state index in [1.807, 2.05) is 6.07 Å². The highest BCUT2D eigenvalue weighted by Gasteiger charge is 2.07. The van der Waals surface area contributed by atoms with Crippen LogP contribution in [0.15, 0.2) is 36.5 Å². The summed E-state index contributed by atoms with van der Waals surface area (Å²) in [6.45, 7) is 0. The van der Waals surface area contributed by atoms with Gasteiger partial charge in [-0.15, -0.1) is 0 Å². The molecule has 0 unspecified atom stereocenters. The van der Waals surface area contributed by atoms with Crippen LogP contribution < -0.4 is 5.32 Å². The number of pyridine rings is 1. The van der Waals surface area contributed by atoms with Gasteiger partial charge in [-0.05, 0) is 30.3 Å². The second-order valence-corrected chi connectivity index (χ2v) is 4.07. The topological polar surface area (TPSA) is 86.0 Å². The van der Waals surface area contributed by atoms with Crippen molar-refractivity contribution in [3.05, 3.63) is 52.8 Å². The summed E-state index contributed by atoms with van der Waals surface area (Å²) in [5.41, 5.74) is 1.54. The fraction of sp³-hybridized carbons (Fsp3) is 0. The Balaban J connectivity index is 2.29. The Morgan fingerprint density at radius 1 is 1.37 bits per heavy atom. The van der Waals surface area contributed by atoms with Crippen molar-refractivity contribution in [3.8, 4) is 6.07 Å². The minimum atomic E-state index is -1.10. The van der Waals surface area contributed by atoms with Crippen molar-refractivity contribution in [2.45, 2.75) is 0 Å². The van der Waals surface area contributed by atoms with Gasteiger partial charge in [0.2, 0.25) is 0 Å². The molecule has 1 heterocycles. The van der Waals surface area contributed by atoms with E-state index in [0.29, 0.717) is 22.0 Å². The van der Waals surface area contributed by atoms with Crippen molar-refractivity contribution >= 4 is 28.9 Å². The maximum atomic E-state index is 10.8. The Morgan fingerprint density at radius 3 is 2.79 bits per heavy atom. The number of carboxylic acid groups (broad SMARTS) is 1. The number of carbonyl (C=O) groups is 1. The highest BCUT2D eigenvalue weighted by atomic mass is 35.5. The van der Waals surface area contributed by atoms with Gasteiger partial charge in [0.25, 0.3) is 0 Å². The number of nitrogens with one attached hydrogen (secondary N) is 1. The molecule has 2 aromatic rings. The zero-order chi connectivity index (χ0) is 13.8. The van der Waals surface area contributed by atoms with Crippen LogP contribution in [0.5, 0.6) is 0 Å². The van der Waals surface area contributed by atoms with Gasteiger partial charge in [-0.1, -0.05) is 11.6 Å². The summed E-state index contributed by atoms with van der Waals surface area (Å²) in [7, 11) is 0. The molecule has 0 amide bonds. The van der Waals surface area contributed by atoms with E-state index in [-0.39, 0.29) is 5.69 Å². The van der Waals surface area contributed by atoms with Crippen molar-refractivity contribution < 1.29 is 9.90 Å². The molecule has 0 aliphatic heterocycles. The molecule has 1 aromatic carbocycles. The number of anilines is 2. The molecule has 2 rings (SSSR count). The first-order valence-corrected chi connectivity index (χ1v) is 5.64. The summed E-state index contributed by atoms with van der Waals surface area (Å²) in [6, 6.07) is 9.81. The molecule has 0 aliphatic rings. The molecule has 19 heavy (non-hydrogen) atoms. The molecule has 2 N–H and O–H groups in total. The van der Waals surface area contributed by atoms with Crippen molar-refractivity contribution in [2.24, 2.45) is 0 Å². The molecule has 0 saturated carbocycles. The smallest absolute Gasteiger partial charge is 0.354 e. The van der Waals surface area contributed by atoms with Crippen molar-refractivity contribution in [3.63, 3.8) is 0 Å². The largest absolute Gasteiger partial charge is 0.477 e. The lowest BCUT2D eigenvalue weighted by atomic mass is 10.2. The highest BCUT2D eigenvalue weighted by Crippen LogP contribution is 2.26. The molecule has 0 fully saturated rings. The van der Waals surface area contributed by atoms with Crippen LogP contribution in [0.2, 0.25) is 5.02 Å². The van der Waals surface area contributed by atoms with E-state index in [9.17, 15) is 4.79 Å². The lowest BCUT2D eigenvalue weighted by Gasteiger charge is -2.08. The number of rotatable bonds is 3. The number of hydrogen-bond acceptors (Lipinski definition) is 4. The second-order valence-electron chi connectivity index (χ2n) is 3.67. The molecule has 0 atom stereocenters. The van der Waals surface area contributed by atoms with E-state index in [2.05, 4.69) is 10.3 Å². The normalized spacial score (nSPS) is 9.68. The van der Waals surface area contributed by atoms with Crippen LogP contribution in [0, 0.1) is 11.3 Å². The quantitative estimate of drug-likeness (QED) is 0.897. The number of halogens is 1. The van der Waals surface area contributed by atoms with Gasteiger partial charge in [-0.3, -0.25) is 0 Å². The fourth-order valence-electron chi connectivity index (χ4n) is 1.47. The van der Waals surface area contributed by atoms with Gasteiger partial charge in [-0.2, -0.15) is 5.26 Å². The first kappa shape index (κ1) is 12.9. The Kier molecular flexibility index (Phi) is 3.64. The molecule has 1 aromatic heterocycles. The Morgan fingerprint density at radius 2 is 2.16 bits per heavy atom. The van der Waals surface area contributed by atoms with Gasteiger partial charge in [0.05, 0.1) is 22.3 Å². The molecule has 0 radical (unpaired) electrons. The molecule has 0 bridgehead atoms. The van der Waals surface area contributed by atoms with Crippen LogP contribution in [0.25, 0.3) is 0 Å². The number of hydrogen-bond donors (Lipinski definition) is 2. The van der Waals surface area contributed by atoms with E-state index in [4.69, 9.17) is 22.0 Å². The maximum Gasteiger partial charge on any atom is 0.354 e. The molecule has 6 heteroatoms. The summed E-state index contributed by atoms with van der Waals surface area (Å²) >= 11 is 6.01. The molecular weight excluding hydrogens is 266 g/mol. The maximum absolute atomic E-state index is 10.8. The molecule has 5 nitrogen and oxygen atoms in total. The number of nitriles is 1. The lowest BCUT2D eigenvalue weighted by Crippen LogP contribution is -2.01. The fourth-order valence-corrected chi connectivity index (χ4v) is 1.69. The van der Waals surface area contributed by atoms with Crippen LogP contribution in [0.1, 0.15) is 16.1 Å². The number of carboxylic acids is 1. The van der Waals surface area contributed by atoms with Crippen LogP contribution in [-0.4, -0.2) is 16.1 Å². The summed E-state index contributed by atoms with van der Waals surface area (Å²) in [4.78, 5) is 14.5. The number of benzene rings is 1. The van der Waals surface area contributed by atoms with Gasteiger partial charge in [0, 0.05) is 11.9 Å². The van der Waals surface area contributed by atoms with E-state index in [0.717, 1.165) is 0 Å². The van der Waals surface area contributed by atoms with Crippen molar-refractivity contribution in [1.82, 2.24) is 4.98 Å². The molecule has 0 aliphatic carbocycles. The average Bonchev–Trinajstić information content (AvgIpc) is 2.41. The van der Waals surface area contributed by atoms with Gasteiger partial charge in [-0.25, -0.2) is 9.78 Å². The van der Waals surface area contributed by atoms with E-state index in [1.54, 1.807) is 18.2 Å². The van der Waals surface area contributed by atoms with Crippen LogP contribution in [0.4, 0.5) is 11.4 Å². The van der Waals surface area contributed by atoms with Gasteiger partial charge in [0.15, 0.2) is 0 Å².